The highest BCUT2D eigenvalue weighted by molar-refractivity contribution is 7.99. The second-order valence-corrected chi connectivity index (χ2v) is 8.20. The average Bonchev–Trinajstić information content (AvgIpc) is 2.72. The first kappa shape index (κ1) is 21.9. The Morgan fingerprint density at radius 1 is 1.20 bits per heavy atom. The minimum atomic E-state index is -0.596. The van der Waals surface area contributed by atoms with E-state index in [0.29, 0.717) is 26.8 Å². The lowest BCUT2D eigenvalue weighted by molar-refractivity contribution is -0.117. The molecule has 0 fully saturated rings. The van der Waals surface area contributed by atoms with Crippen molar-refractivity contribution in [1.82, 2.24) is 20.2 Å². The van der Waals surface area contributed by atoms with Crippen LogP contribution in [0.5, 0.6) is 0 Å². The van der Waals surface area contributed by atoms with E-state index in [9.17, 15) is 14.4 Å². The number of urea groups is 1. The van der Waals surface area contributed by atoms with Crippen molar-refractivity contribution in [1.29, 1.82) is 0 Å². The van der Waals surface area contributed by atoms with Crippen molar-refractivity contribution in [3.63, 3.8) is 0 Å². The molecule has 3 aromatic rings. The lowest BCUT2D eigenvalue weighted by atomic mass is 10.0. The summed E-state index contributed by atoms with van der Waals surface area (Å²) in [4.78, 5) is 41.5. The van der Waals surface area contributed by atoms with Gasteiger partial charge >= 0.3 is 6.03 Å². The highest BCUT2D eigenvalue weighted by atomic mass is 35.5. The molecule has 9 heteroatoms. The van der Waals surface area contributed by atoms with Gasteiger partial charge in [0.15, 0.2) is 5.16 Å². The maximum Gasteiger partial charge on any atom is 0.321 e. The smallest absolute Gasteiger partial charge is 0.321 e. The van der Waals surface area contributed by atoms with Crippen molar-refractivity contribution >= 4 is 46.2 Å². The van der Waals surface area contributed by atoms with Crippen molar-refractivity contribution in [2.45, 2.75) is 24.9 Å². The highest BCUT2D eigenvalue weighted by Gasteiger charge is 2.18. The number of carbonyl (C=O) groups is 2. The van der Waals surface area contributed by atoms with Crippen LogP contribution < -0.4 is 16.2 Å². The number of halogens is 1. The first-order valence-corrected chi connectivity index (χ1v) is 10.6. The van der Waals surface area contributed by atoms with Gasteiger partial charge < -0.3 is 5.32 Å². The normalized spacial score (nSPS) is 11.0. The van der Waals surface area contributed by atoms with Crippen molar-refractivity contribution in [2.24, 2.45) is 0 Å². The third-order valence-electron chi connectivity index (χ3n) is 4.41. The zero-order valence-electron chi connectivity index (χ0n) is 16.7. The van der Waals surface area contributed by atoms with Gasteiger partial charge in [0.25, 0.3) is 5.56 Å². The monoisotopic (exact) mass is 444 g/mol. The van der Waals surface area contributed by atoms with Gasteiger partial charge in [-0.2, -0.15) is 0 Å². The zero-order valence-corrected chi connectivity index (χ0v) is 18.3. The average molecular weight is 445 g/mol. The predicted octanol–water partition coefficient (Wildman–Crippen LogP) is 3.71. The molecule has 1 heterocycles. The van der Waals surface area contributed by atoms with E-state index in [1.807, 2.05) is 38.1 Å². The molecule has 7 nitrogen and oxygen atoms in total. The van der Waals surface area contributed by atoms with Crippen LogP contribution in [0.15, 0.2) is 52.4 Å². The Labute approximate surface area is 182 Å². The summed E-state index contributed by atoms with van der Waals surface area (Å²) in [6.07, 6.45) is 0. The lowest BCUT2D eigenvalue weighted by Crippen LogP contribution is -2.38. The summed E-state index contributed by atoms with van der Waals surface area (Å²) in [6, 6.07) is 11.9. The van der Waals surface area contributed by atoms with Crippen molar-refractivity contribution in [3.8, 4) is 5.69 Å². The van der Waals surface area contributed by atoms with Gasteiger partial charge in [-0.15, -0.1) is 0 Å². The third kappa shape index (κ3) is 4.66. The largest absolute Gasteiger partial charge is 0.341 e. The minimum Gasteiger partial charge on any atom is -0.341 e. The number of imide groups is 1. The van der Waals surface area contributed by atoms with Crippen molar-refractivity contribution in [2.75, 3.05) is 12.8 Å². The molecule has 2 aromatic carbocycles. The van der Waals surface area contributed by atoms with Crippen LogP contribution in [0.1, 0.15) is 25.3 Å². The van der Waals surface area contributed by atoms with Crippen LogP contribution in [-0.4, -0.2) is 34.3 Å². The molecule has 0 saturated carbocycles. The fraction of sp³-hybridized carbons (Fsp3) is 0.238. The Hall–Kier alpha value is -2.84. The van der Waals surface area contributed by atoms with Crippen LogP contribution in [0.3, 0.4) is 0 Å². The molecule has 3 amide bonds. The first-order chi connectivity index (χ1) is 14.3. The topological polar surface area (TPSA) is 93.1 Å². The molecule has 0 spiro atoms. The number of rotatable bonds is 5. The number of carbonyl (C=O) groups excluding carboxylic acids is 2. The number of hydrogen-bond acceptors (Lipinski definition) is 5. The standard InChI is InChI=1S/C21H21ClN4O3S/c1-12(2)14-6-4-5-7-17(14)26-19(28)15-9-8-13(22)10-16(15)24-21(26)30-11-18(27)25-20(29)23-3/h4-10,12H,11H2,1-3H3,(H2,23,25,27,29). The van der Waals surface area contributed by atoms with E-state index in [4.69, 9.17) is 11.6 Å². The summed E-state index contributed by atoms with van der Waals surface area (Å²) in [5, 5.41) is 5.76. The molecule has 0 bridgehead atoms. The second kappa shape index (κ2) is 9.32. The maximum atomic E-state index is 13.4. The van der Waals surface area contributed by atoms with E-state index in [2.05, 4.69) is 15.6 Å². The Morgan fingerprint density at radius 3 is 2.63 bits per heavy atom. The predicted molar refractivity (Wildman–Crippen MR) is 120 cm³/mol. The molecule has 1 aromatic heterocycles. The van der Waals surface area contributed by atoms with E-state index in [0.717, 1.165) is 17.3 Å². The van der Waals surface area contributed by atoms with Gasteiger partial charge in [-0.05, 0) is 35.7 Å². The molecular formula is C21H21ClN4O3S. The number of amides is 3. The molecule has 0 saturated heterocycles. The molecule has 2 N–H and O–H groups in total. The Morgan fingerprint density at radius 2 is 1.93 bits per heavy atom. The zero-order chi connectivity index (χ0) is 21.8. The number of para-hydroxylation sites is 1. The molecular weight excluding hydrogens is 424 g/mol. The number of aromatic nitrogens is 2. The van der Waals surface area contributed by atoms with Gasteiger partial charge in [0, 0.05) is 12.1 Å². The van der Waals surface area contributed by atoms with Crippen LogP contribution in [0.4, 0.5) is 4.79 Å². The summed E-state index contributed by atoms with van der Waals surface area (Å²) in [7, 11) is 1.42. The molecule has 0 radical (unpaired) electrons. The van der Waals surface area contributed by atoms with E-state index in [1.165, 1.54) is 11.6 Å². The Bertz CT molecular complexity index is 1180. The molecule has 0 aliphatic heterocycles. The van der Waals surface area contributed by atoms with Gasteiger partial charge in [0.2, 0.25) is 5.91 Å². The molecule has 0 atom stereocenters. The van der Waals surface area contributed by atoms with Crippen LogP contribution in [-0.2, 0) is 4.79 Å². The summed E-state index contributed by atoms with van der Waals surface area (Å²) in [5.41, 5.74) is 1.88. The van der Waals surface area contributed by atoms with E-state index in [-0.39, 0.29) is 17.2 Å². The lowest BCUT2D eigenvalue weighted by Gasteiger charge is -2.18. The SMILES string of the molecule is CNC(=O)NC(=O)CSc1nc2cc(Cl)ccc2c(=O)n1-c1ccccc1C(C)C. The molecule has 0 aliphatic rings. The van der Waals surface area contributed by atoms with Gasteiger partial charge in [-0.1, -0.05) is 55.4 Å². The fourth-order valence-electron chi connectivity index (χ4n) is 2.98. The number of benzene rings is 2. The quantitative estimate of drug-likeness (QED) is 0.462. The number of nitrogens with zero attached hydrogens (tertiary/aromatic N) is 2. The van der Waals surface area contributed by atoms with Gasteiger partial charge in [0.1, 0.15) is 0 Å². The summed E-state index contributed by atoms with van der Waals surface area (Å²) < 4.78 is 1.52. The number of hydrogen-bond donors (Lipinski definition) is 2. The molecule has 0 unspecified atom stereocenters. The Kier molecular flexibility index (Phi) is 6.79. The summed E-state index contributed by atoms with van der Waals surface area (Å²) in [5.74, 6) is -0.414. The molecule has 30 heavy (non-hydrogen) atoms. The molecule has 3 rings (SSSR count). The van der Waals surface area contributed by atoms with Gasteiger partial charge in [-0.3, -0.25) is 19.5 Å². The fourth-order valence-corrected chi connectivity index (χ4v) is 3.95. The van der Waals surface area contributed by atoms with Crippen molar-refractivity contribution < 1.29 is 9.59 Å². The third-order valence-corrected chi connectivity index (χ3v) is 5.59. The number of nitrogens with one attached hydrogen (secondary N) is 2. The van der Waals surface area contributed by atoms with Crippen LogP contribution >= 0.6 is 23.4 Å². The molecule has 156 valence electrons. The summed E-state index contributed by atoms with van der Waals surface area (Å²) >= 11 is 7.16. The Balaban J connectivity index is 2.15. The van der Waals surface area contributed by atoms with Crippen molar-refractivity contribution in [3.05, 3.63) is 63.4 Å². The highest BCUT2D eigenvalue weighted by Crippen LogP contribution is 2.27. The van der Waals surface area contributed by atoms with Crippen LogP contribution in [0, 0.1) is 0 Å². The van der Waals surface area contributed by atoms with Gasteiger partial charge in [0.05, 0.1) is 22.3 Å². The van der Waals surface area contributed by atoms with E-state index < -0.39 is 11.9 Å². The van der Waals surface area contributed by atoms with Crippen LogP contribution in [0.2, 0.25) is 5.02 Å². The van der Waals surface area contributed by atoms with E-state index in [1.54, 1.807) is 18.2 Å². The molecule has 0 aliphatic carbocycles. The number of thioether (sulfide) groups is 1. The maximum absolute atomic E-state index is 13.4. The summed E-state index contributed by atoms with van der Waals surface area (Å²) in [6.45, 7) is 4.09. The van der Waals surface area contributed by atoms with E-state index >= 15 is 0 Å². The van der Waals surface area contributed by atoms with Gasteiger partial charge in [-0.25, -0.2) is 9.78 Å². The van der Waals surface area contributed by atoms with Crippen LogP contribution in [0.25, 0.3) is 16.6 Å². The number of fused-ring (bicyclic) bond motifs is 1. The first-order valence-electron chi connectivity index (χ1n) is 9.27. The minimum absolute atomic E-state index is 0.0875. The second-order valence-electron chi connectivity index (χ2n) is 6.83.